The summed E-state index contributed by atoms with van der Waals surface area (Å²) in [6, 6.07) is 15.7. The van der Waals surface area contributed by atoms with Gasteiger partial charge < -0.3 is 24.2 Å². The van der Waals surface area contributed by atoms with E-state index in [1.807, 2.05) is 72.4 Å². The standard InChI is InChI=1S/C30H44N4O4/c1-24(2)32-16-9-17-34(29(35)23-37-5)28-14-7-6-11-26(28)22-33(19-18-32)30(36)25-12-8-13-27(21-25)38-20-10-15-31(3)4/h6-8,11-14,21,24H,9-10,15-20,22-23H2,1-5H3. The smallest absolute Gasteiger partial charge is 0.254 e. The lowest BCUT2D eigenvalue weighted by Crippen LogP contribution is -2.41. The molecule has 208 valence electrons. The van der Waals surface area contributed by atoms with Gasteiger partial charge in [-0.25, -0.2) is 0 Å². The summed E-state index contributed by atoms with van der Waals surface area (Å²) < 4.78 is 11.1. The number of amides is 2. The van der Waals surface area contributed by atoms with Crippen LogP contribution in [0.15, 0.2) is 48.5 Å². The highest BCUT2D eigenvalue weighted by molar-refractivity contribution is 5.96. The van der Waals surface area contributed by atoms with Crippen LogP contribution in [-0.2, 0) is 16.1 Å². The third-order valence-electron chi connectivity index (χ3n) is 6.81. The van der Waals surface area contributed by atoms with E-state index in [9.17, 15) is 9.59 Å². The van der Waals surface area contributed by atoms with Gasteiger partial charge in [0.2, 0.25) is 0 Å². The molecule has 3 rings (SSSR count). The summed E-state index contributed by atoms with van der Waals surface area (Å²) in [4.78, 5) is 35.1. The van der Waals surface area contributed by atoms with Gasteiger partial charge in [0.25, 0.3) is 11.8 Å². The van der Waals surface area contributed by atoms with Gasteiger partial charge in [0.05, 0.1) is 6.61 Å². The SMILES string of the molecule is COCC(=O)N1CCCN(C(C)C)CCN(C(=O)c2cccc(OCCCN(C)C)c2)Cc2ccccc21. The molecule has 8 heteroatoms. The first kappa shape index (κ1) is 29.6. The molecule has 0 saturated carbocycles. The number of nitrogens with zero attached hydrogens (tertiary/aromatic N) is 4. The average Bonchev–Trinajstić information content (AvgIpc) is 2.93. The minimum atomic E-state index is -0.0766. The quantitative estimate of drug-likeness (QED) is 0.466. The predicted molar refractivity (Wildman–Crippen MR) is 152 cm³/mol. The van der Waals surface area contributed by atoms with Gasteiger partial charge in [0, 0.05) is 63.7 Å². The van der Waals surface area contributed by atoms with Crippen molar-refractivity contribution in [2.45, 2.75) is 39.3 Å². The van der Waals surface area contributed by atoms with Crippen LogP contribution in [0.1, 0.15) is 42.6 Å². The van der Waals surface area contributed by atoms with Gasteiger partial charge in [0.1, 0.15) is 12.4 Å². The molecule has 0 bridgehead atoms. The van der Waals surface area contributed by atoms with E-state index < -0.39 is 0 Å². The van der Waals surface area contributed by atoms with Crippen LogP contribution in [-0.4, -0.2) is 99.7 Å². The molecular weight excluding hydrogens is 480 g/mol. The number of fused-ring (bicyclic) bond motifs is 1. The van der Waals surface area contributed by atoms with Crippen molar-refractivity contribution in [3.05, 3.63) is 59.7 Å². The van der Waals surface area contributed by atoms with Crippen LogP contribution < -0.4 is 9.64 Å². The number of benzene rings is 2. The topological polar surface area (TPSA) is 65.6 Å². The van der Waals surface area contributed by atoms with Crippen molar-refractivity contribution in [3.63, 3.8) is 0 Å². The van der Waals surface area contributed by atoms with Crippen molar-refractivity contribution in [2.75, 3.05) is 72.0 Å². The molecule has 0 aromatic heterocycles. The van der Waals surface area contributed by atoms with E-state index in [-0.39, 0.29) is 18.4 Å². The average molecular weight is 525 g/mol. The van der Waals surface area contributed by atoms with Crippen LogP contribution in [0.3, 0.4) is 0 Å². The summed E-state index contributed by atoms with van der Waals surface area (Å²) in [6.07, 6.45) is 1.75. The zero-order valence-electron chi connectivity index (χ0n) is 23.7. The molecule has 0 radical (unpaired) electrons. The Balaban J connectivity index is 1.88. The molecule has 0 aliphatic carbocycles. The van der Waals surface area contributed by atoms with E-state index >= 15 is 0 Å². The third-order valence-corrected chi connectivity index (χ3v) is 6.81. The second-order valence-electron chi connectivity index (χ2n) is 10.4. The molecule has 38 heavy (non-hydrogen) atoms. The van der Waals surface area contributed by atoms with Crippen LogP contribution in [0.2, 0.25) is 0 Å². The number of hydrogen-bond acceptors (Lipinski definition) is 6. The van der Waals surface area contributed by atoms with Crippen molar-refractivity contribution in [1.29, 1.82) is 0 Å². The van der Waals surface area contributed by atoms with Gasteiger partial charge in [-0.05, 0) is 70.6 Å². The summed E-state index contributed by atoms with van der Waals surface area (Å²) in [5, 5.41) is 0. The van der Waals surface area contributed by atoms with E-state index in [1.54, 1.807) is 0 Å². The zero-order chi connectivity index (χ0) is 27.5. The zero-order valence-corrected chi connectivity index (χ0v) is 23.7. The summed E-state index contributed by atoms with van der Waals surface area (Å²) >= 11 is 0. The molecule has 0 N–H and O–H groups in total. The van der Waals surface area contributed by atoms with Gasteiger partial charge in [0.15, 0.2) is 0 Å². The molecule has 1 aliphatic heterocycles. The number of anilines is 1. The van der Waals surface area contributed by atoms with Crippen molar-refractivity contribution in [2.24, 2.45) is 0 Å². The molecule has 0 fully saturated rings. The maximum Gasteiger partial charge on any atom is 0.254 e. The fourth-order valence-corrected chi connectivity index (χ4v) is 4.73. The number of para-hydroxylation sites is 1. The Morgan fingerprint density at radius 2 is 1.79 bits per heavy atom. The Kier molecular flexibility index (Phi) is 11.6. The number of carbonyl (C=O) groups is 2. The maximum absolute atomic E-state index is 13.9. The molecule has 0 atom stereocenters. The molecule has 0 spiro atoms. The summed E-state index contributed by atoms with van der Waals surface area (Å²) in [7, 11) is 5.62. The summed E-state index contributed by atoms with van der Waals surface area (Å²) in [5.74, 6) is 0.580. The molecule has 1 aliphatic rings. The minimum Gasteiger partial charge on any atom is -0.494 e. The first-order valence-electron chi connectivity index (χ1n) is 13.6. The van der Waals surface area contributed by atoms with E-state index in [0.717, 1.165) is 43.7 Å². The van der Waals surface area contributed by atoms with Gasteiger partial charge in [-0.2, -0.15) is 0 Å². The van der Waals surface area contributed by atoms with Crippen molar-refractivity contribution in [3.8, 4) is 5.75 Å². The summed E-state index contributed by atoms with van der Waals surface area (Å²) in [6.45, 7) is 9.11. The normalized spacial score (nSPS) is 15.3. The Bertz CT molecular complexity index is 1040. The molecule has 0 unspecified atom stereocenters. The highest BCUT2D eigenvalue weighted by Gasteiger charge is 2.25. The number of rotatable bonds is 9. The van der Waals surface area contributed by atoms with Crippen LogP contribution in [0, 0.1) is 0 Å². The van der Waals surface area contributed by atoms with Crippen molar-refractivity contribution in [1.82, 2.24) is 14.7 Å². The lowest BCUT2D eigenvalue weighted by molar-refractivity contribution is -0.122. The lowest BCUT2D eigenvalue weighted by Gasteiger charge is -2.30. The molecular formula is C30H44N4O4. The number of hydrogen-bond donors (Lipinski definition) is 0. The van der Waals surface area contributed by atoms with E-state index in [1.165, 1.54) is 7.11 Å². The highest BCUT2D eigenvalue weighted by Crippen LogP contribution is 2.25. The number of carbonyl (C=O) groups excluding carboxylic acids is 2. The predicted octanol–water partition coefficient (Wildman–Crippen LogP) is 3.75. The fourth-order valence-electron chi connectivity index (χ4n) is 4.73. The second-order valence-corrected chi connectivity index (χ2v) is 10.4. The monoisotopic (exact) mass is 524 g/mol. The highest BCUT2D eigenvalue weighted by atomic mass is 16.5. The minimum absolute atomic E-state index is 0.0200. The van der Waals surface area contributed by atoms with Crippen LogP contribution >= 0.6 is 0 Å². The molecule has 1 heterocycles. The number of methoxy groups -OCH3 is 1. The largest absolute Gasteiger partial charge is 0.494 e. The van der Waals surface area contributed by atoms with Crippen LogP contribution in [0.5, 0.6) is 5.75 Å². The Morgan fingerprint density at radius 3 is 2.53 bits per heavy atom. The molecule has 0 saturated heterocycles. The third kappa shape index (κ3) is 8.55. The fraction of sp³-hybridized carbons (Fsp3) is 0.533. The van der Waals surface area contributed by atoms with E-state index in [0.29, 0.717) is 43.6 Å². The van der Waals surface area contributed by atoms with Crippen LogP contribution in [0.4, 0.5) is 5.69 Å². The Labute approximate surface area is 228 Å². The van der Waals surface area contributed by atoms with E-state index in [4.69, 9.17) is 9.47 Å². The van der Waals surface area contributed by atoms with Crippen molar-refractivity contribution >= 4 is 17.5 Å². The van der Waals surface area contributed by atoms with Gasteiger partial charge in [-0.1, -0.05) is 24.3 Å². The van der Waals surface area contributed by atoms with Crippen molar-refractivity contribution < 1.29 is 19.1 Å². The molecule has 2 aromatic carbocycles. The first-order chi connectivity index (χ1) is 18.3. The maximum atomic E-state index is 13.9. The molecule has 2 aromatic rings. The van der Waals surface area contributed by atoms with E-state index in [2.05, 4.69) is 23.6 Å². The summed E-state index contributed by atoms with van der Waals surface area (Å²) in [5.41, 5.74) is 2.38. The molecule has 2 amide bonds. The van der Waals surface area contributed by atoms with Crippen LogP contribution in [0.25, 0.3) is 0 Å². The Morgan fingerprint density at radius 1 is 1.00 bits per heavy atom. The molecule has 8 nitrogen and oxygen atoms in total. The number of ether oxygens (including phenoxy) is 2. The Hall–Kier alpha value is -2.94. The van der Waals surface area contributed by atoms with Gasteiger partial charge in [-0.15, -0.1) is 0 Å². The van der Waals surface area contributed by atoms with Gasteiger partial charge in [-0.3, -0.25) is 14.5 Å². The second kappa shape index (κ2) is 14.9. The first-order valence-corrected chi connectivity index (χ1v) is 13.6. The van der Waals surface area contributed by atoms with Gasteiger partial charge >= 0.3 is 0 Å². The lowest BCUT2D eigenvalue weighted by atomic mass is 10.1.